The molecule has 1 N–H and O–H groups in total. The van der Waals surface area contributed by atoms with Crippen LogP contribution in [-0.4, -0.2) is 33.7 Å². The Labute approximate surface area is 148 Å². The molecule has 1 aliphatic heterocycles. The highest BCUT2D eigenvalue weighted by Crippen LogP contribution is 2.27. The van der Waals surface area contributed by atoms with E-state index in [2.05, 4.69) is 22.3 Å². The highest BCUT2D eigenvalue weighted by molar-refractivity contribution is 5.81. The van der Waals surface area contributed by atoms with Crippen LogP contribution in [0.5, 0.6) is 5.75 Å². The third-order valence-electron chi connectivity index (χ3n) is 5.36. The molecule has 0 saturated heterocycles. The number of carbonyl (C=O) groups excluding carboxylic acids is 1. The molecule has 2 aliphatic rings. The molecule has 5 heteroatoms. The van der Waals surface area contributed by atoms with Crippen LogP contribution in [0.15, 0.2) is 24.4 Å². The summed E-state index contributed by atoms with van der Waals surface area (Å²) < 4.78 is 6.10. The topological polar surface area (TPSA) is 58.2 Å². The monoisotopic (exact) mass is 339 g/mol. The summed E-state index contributed by atoms with van der Waals surface area (Å²) in [5.74, 6) is 0.897. The largest absolute Gasteiger partial charge is 0.481 e. The number of carbonyl (C=O) groups is 1. The Kier molecular flexibility index (Phi) is 4.47. The van der Waals surface area contributed by atoms with Crippen molar-refractivity contribution in [2.24, 2.45) is 0 Å². The Balaban J connectivity index is 1.46. The fourth-order valence-corrected chi connectivity index (χ4v) is 3.87. The smallest absolute Gasteiger partial charge is 0.263 e. The Morgan fingerprint density at radius 2 is 2.08 bits per heavy atom. The van der Waals surface area contributed by atoms with Gasteiger partial charge in [0.05, 0.1) is 6.20 Å². The number of amides is 1. The van der Waals surface area contributed by atoms with Crippen molar-refractivity contribution in [2.75, 3.05) is 6.54 Å². The summed E-state index contributed by atoms with van der Waals surface area (Å²) in [4.78, 5) is 14.8. The first-order valence-corrected chi connectivity index (χ1v) is 9.33. The van der Waals surface area contributed by atoms with Crippen molar-refractivity contribution in [1.29, 1.82) is 0 Å². The average molecular weight is 339 g/mol. The zero-order valence-corrected chi connectivity index (χ0v) is 14.8. The third-order valence-corrected chi connectivity index (χ3v) is 5.36. The minimum Gasteiger partial charge on any atom is -0.481 e. The van der Waals surface area contributed by atoms with Gasteiger partial charge in [-0.1, -0.05) is 13.0 Å². The van der Waals surface area contributed by atoms with Crippen LogP contribution < -0.4 is 4.74 Å². The second-order valence-electron chi connectivity index (χ2n) is 7.04. The Hall–Kier alpha value is -2.30. The maximum absolute atomic E-state index is 12.9. The van der Waals surface area contributed by atoms with Gasteiger partial charge in [0.2, 0.25) is 0 Å². The van der Waals surface area contributed by atoms with E-state index in [1.807, 2.05) is 24.1 Å². The van der Waals surface area contributed by atoms with Gasteiger partial charge in [-0.3, -0.25) is 9.89 Å². The summed E-state index contributed by atoms with van der Waals surface area (Å²) >= 11 is 0. The van der Waals surface area contributed by atoms with Gasteiger partial charge in [0.1, 0.15) is 5.75 Å². The molecule has 0 unspecified atom stereocenters. The molecule has 25 heavy (non-hydrogen) atoms. The fraction of sp³-hybridized carbons (Fsp3) is 0.500. The number of hydrogen-bond donors (Lipinski definition) is 1. The number of aromatic nitrogens is 2. The minimum absolute atomic E-state index is 0.0760. The quantitative estimate of drug-likeness (QED) is 0.931. The highest BCUT2D eigenvalue weighted by Gasteiger charge is 2.28. The normalized spacial score (nSPS) is 17.6. The zero-order valence-electron chi connectivity index (χ0n) is 14.8. The highest BCUT2D eigenvalue weighted by atomic mass is 16.5. The van der Waals surface area contributed by atoms with E-state index in [4.69, 9.17) is 4.74 Å². The summed E-state index contributed by atoms with van der Waals surface area (Å²) in [6, 6.07) is 6.32. The van der Waals surface area contributed by atoms with Gasteiger partial charge >= 0.3 is 0 Å². The number of aromatic amines is 1. The number of rotatable bonds is 4. The molecule has 0 bridgehead atoms. The molecule has 0 saturated carbocycles. The van der Waals surface area contributed by atoms with Gasteiger partial charge in [0.25, 0.3) is 5.91 Å². The first-order chi connectivity index (χ1) is 12.2. The van der Waals surface area contributed by atoms with Gasteiger partial charge in [-0.25, -0.2) is 0 Å². The van der Waals surface area contributed by atoms with Gasteiger partial charge in [-0.15, -0.1) is 0 Å². The van der Waals surface area contributed by atoms with Gasteiger partial charge in [-0.2, -0.15) is 5.10 Å². The maximum Gasteiger partial charge on any atom is 0.263 e. The number of H-pyrrole nitrogens is 1. The van der Waals surface area contributed by atoms with Crippen molar-refractivity contribution in [3.05, 3.63) is 46.8 Å². The lowest BCUT2D eigenvalue weighted by atomic mass is 9.92. The molecular weight excluding hydrogens is 314 g/mol. The van der Waals surface area contributed by atoms with E-state index < -0.39 is 6.10 Å². The summed E-state index contributed by atoms with van der Waals surface area (Å²) in [6.07, 6.45) is 7.69. The summed E-state index contributed by atoms with van der Waals surface area (Å²) in [5.41, 5.74) is 5.07. The van der Waals surface area contributed by atoms with E-state index in [0.717, 1.165) is 42.8 Å². The molecule has 1 aromatic carbocycles. The Morgan fingerprint density at radius 1 is 1.24 bits per heavy atom. The number of fused-ring (bicyclic) bond motifs is 2. The summed E-state index contributed by atoms with van der Waals surface area (Å²) in [6.45, 7) is 3.35. The first-order valence-electron chi connectivity index (χ1n) is 9.33. The lowest BCUT2D eigenvalue weighted by Gasteiger charge is -2.30. The van der Waals surface area contributed by atoms with Crippen LogP contribution in [0.25, 0.3) is 0 Å². The molecule has 1 atom stereocenters. The van der Waals surface area contributed by atoms with Crippen molar-refractivity contribution in [2.45, 2.75) is 58.1 Å². The molecule has 4 rings (SSSR count). The standard InChI is InChI=1S/C20H25N3O2/c1-2-19(20(24)23-10-9-18-16(13-23)12-21-22-18)25-17-8-7-14-5-3-4-6-15(14)11-17/h7-8,11-12,19H,2-6,9-10,13H2,1H3,(H,21,22)/t19-/m0/s1. The second kappa shape index (κ2) is 6.90. The minimum atomic E-state index is -0.421. The fourth-order valence-electron chi connectivity index (χ4n) is 3.87. The van der Waals surface area contributed by atoms with Crippen LogP contribution in [0.1, 0.15) is 48.6 Å². The molecule has 5 nitrogen and oxygen atoms in total. The number of nitrogens with zero attached hydrogens (tertiary/aromatic N) is 2. The first kappa shape index (κ1) is 16.2. The predicted octanol–water partition coefficient (Wildman–Crippen LogP) is 3.03. The van der Waals surface area contributed by atoms with Crippen LogP contribution in [0.3, 0.4) is 0 Å². The molecular formula is C20H25N3O2. The van der Waals surface area contributed by atoms with Crippen molar-refractivity contribution in [3.63, 3.8) is 0 Å². The molecule has 132 valence electrons. The Bertz CT molecular complexity index is 768. The second-order valence-corrected chi connectivity index (χ2v) is 7.04. The van der Waals surface area contributed by atoms with Gasteiger partial charge in [-0.05, 0) is 55.4 Å². The molecule has 1 amide bonds. The van der Waals surface area contributed by atoms with E-state index in [1.54, 1.807) is 0 Å². The van der Waals surface area contributed by atoms with Crippen molar-refractivity contribution < 1.29 is 9.53 Å². The zero-order chi connectivity index (χ0) is 17.2. The average Bonchev–Trinajstić information content (AvgIpc) is 3.13. The van der Waals surface area contributed by atoms with Gasteiger partial charge in [0.15, 0.2) is 6.10 Å². The Morgan fingerprint density at radius 3 is 2.92 bits per heavy atom. The van der Waals surface area contributed by atoms with E-state index in [0.29, 0.717) is 13.0 Å². The molecule has 1 aromatic heterocycles. The molecule has 0 fully saturated rings. The van der Waals surface area contributed by atoms with Crippen molar-refractivity contribution in [3.8, 4) is 5.75 Å². The lowest BCUT2D eigenvalue weighted by Crippen LogP contribution is -2.44. The van der Waals surface area contributed by atoms with E-state index in [-0.39, 0.29) is 5.91 Å². The molecule has 2 aromatic rings. The number of benzene rings is 1. The van der Waals surface area contributed by atoms with Crippen LogP contribution in [-0.2, 0) is 30.6 Å². The number of aryl methyl sites for hydroxylation is 2. The van der Waals surface area contributed by atoms with E-state index in [1.165, 1.54) is 24.0 Å². The lowest BCUT2D eigenvalue weighted by molar-refractivity contribution is -0.139. The number of ether oxygens (including phenoxy) is 1. The molecule has 1 aliphatic carbocycles. The third kappa shape index (κ3) is 3.28. The van der Waals surface area contributed by atoms with E-state index >= 15 is 0 Å². The molecule has 2 heterocycles. The maximum atomic E-state index is 12.9. The van der Waals surface area contributed by atoms with E-state index in [9.17, 15) is 4.79 Å². The van der Waals surface area contributed by atoms with Gasteiger partial charge < -0.3 is 9.64 Å². The SMILES string of the molecule is CC[C@H](Oc1ccc2c(c1)CCCC2)C(=O)N1CCc2[nH]ncc2C1. The molecule has 0 spiro atoms. The number of nitrogens with one attached hydrogen (secondary N) is 1. The number of hydrogen-bond acceptors (Lipinski definition) is 3. The summed E-state index contributed by atoms with van der Waals surface area (Å²) in [5, 5.41) is 7.09. The van der Waals surface area contributed by atoms with Crippen molar-refractivity contribution >= 4 is 5.91 Å². The summed E-state index contributed by atoms with van der Waals surface area (Å²) in [7, 11) is 0. The van der Waals surface area contributed by atoms with Crippen molar-refractivity contribution in [1.82, 2.24) is 15.1 Å². The van der Waals surface area contributed by atoms with Crippen LogP contribution in [0, 0.1) is 0 Å². The van der Waals surface area contributed by atoms with Gasteiger partial charge in [0, 0.05) is 30.8 Å². The van der Waals surface area contributed by atoms with Crippen LogP contribution in [0.2, 0.25) is 0 Å². The predicted molar refractivity (Wildman–Crippen MR) is 95.5 cm³/mol. The van der Waals surface area contributed by atoms with Crippen LogP contribution >= 0.6 is 0 Å². The van der Waals surface area contributed by atoms with Crippen LogP contribution in [0.4, 0.5) is 0 Å². The molecule has 0 radical (unpaired) electrons.